The minimum atomic E-state index is -0.114. The number of carbonyl (C=O) groups excluding carboxylic acids is 1. The van der Waals surface area contributed by atoms with E-state index in [9.17, 15) is 4.79 Å². The molecule has 3 aromatic rings. The molecule has 0 saturated carbocycles. The Morgan fingerprint density at radius 1 is 1.38 bits per heavy atom. The summed E-state index contributed by atoms with van der Waals surface area (Å²) >= 11 is 0. The number of hydrogen-bond donors (Lipinski definition) is 2. The first-order valence-electron chi connectivity index (χ1n) is 8.27. The fourth-order valence-electron chi connectivity index (χ4n) is 2.96. The molecule has 3 rings (SSSR count). The third kappa shape index (κ3) is 3.41. The number of rotatable bonds is 5. The van der Waals surface area contributed by atoms with Crippen LogP contribution in [0.15, 0.2) is 30.5 Å². The maximum absolute atomic E-state index is 12.3. The Bertz CT molecular complexity index is 1020. The summed E-state index contributed by atoms with van der Waals surface area (Å²) in [5, 5.41) is 25.3. The van der Waals surface area contributed by atoms with Crippen LogP contribution < -0.4 is 5.32 Å². The van der Waals surface area contributed by atoms with Crippen LogP contribution in [0.3, 0.4) is 0 Å². The summed E-state index contributed by atoms with van der Waals surface area (Å²) in [5.74, 6) is -0.114. The lowest BCUT2D eigenvalue weighted by Crippen LogP contribution is -2.14. The second-order valence-corrected chi connectivity index (χ2v) is 6.07. The second kappa shape index (κ2) is 7.33. The topological polar surface area (TPSA) is 103 Å². The van der Waals surface area contributed by atoms with E-state index >= 15 is 0 Å². The average molecular weight is 349 g/mol. The zero-order valence-electron chi connectivity index (χ0n) is 14.7. The Kier molecular flexibility index (Phi) is 4.96. The molecule has 2 heterocycles. The van der Waals surface area contributed by atoms with Gasteiger partial charge in [0.25, 0.3) is 0 Å². The van der Waals surface area contributed by atoms with Crippen LogP contribution in [-0.4, -0.2) is 25.6 Å². The molecule has 0 saturated heterocycles. The third-order valence-electron chi connectivity index (χ3n) is 4.32. The molecule has 2 N–H and O–H groups in total. The lowest BCUT2D eigenvalue weighted by Gasteiger charge is -2.11. The van der Waals surface area contributed by atoms with Gasteiger partial charge in [-0.15, -0.1) is 0 Å². The molecular weight excluding hydrogens is 330 g/mol. The molecule has 1 amide bonds. The van der Waals surface area contributed by atoms with Crippen LogP contribution in [0.2, 0.25) is 0 Å². The van der Waals surface area contributed by atoms with Crippen molar-refractivity contribution in [3.8, 4) is 6.07 Å². The van der Waals surface area contributed by atoms with Crippen molar-refractivity contribution in [2.45, 2.75) is 33.3 Å². The molecule has 0 aliphatic heterocycles. The van der Waals surface area contributed by atoms with Crippen molar-refractivity contribution in [3.05, 3.63) is 58.5 Å². The van der Waals surface area contributed by atoms with Crippen molar-refractivity contribution in [3.63, 3.8) is 0 Å². The predicted molar refractivity (Wildman–Crippen MR) is 96.5 cm³/mol. The van der Waals surface area contributed by atoms with E-state index in [-0.39, 0.29) is 12.5 Å². The number of anilines is 1. The summed E-state index contributed by atoms with van der Waals surface area (Å²) in [6, 6.07) is 9.20. The Labute approximate surface area is 150 Å². The van der Waals surface area contributed by atoms with Gasteiger partial charge in [-0.1, -0.05) is 12.1 Å². The van der Waals surface area contributed by atoms with Crippen LogP contribution in [-0.2, 0) is 17.8 Å². The second-order valence-electron chi connectivity index (χ2n) is 6.07. The number of hydrogen-bond acceptors (Lipinski definition) is 5. The van der Waals surface area contributed by atoms with Gasteiger partial charge in [-0.25, -0.2) is 9.50 Å². The molecule has 0 unspecified atom stereocenters. The van der Waals surface area contributed by atoms with E-state index in [1.807, 2.05) is 13.8 Å². The van der Waals surface area contributed by atoms with Crippen LogP contribution in [0.25, 0.3) is 5.65 Å². The number of carbonyl (C=O) groups is 1. The Morgan fingerprint density at radius 3 is 2.92 bits per heavy atom. The number of aryl methyl sites for hydroxylation is 2. The molecule has 0 fully saturated rings. The maximum atomic E-state index is 12.3. The smallest absolute Gasteiger partial charge is 0.224 e. The van der Waals surface area contributed by atoms with E-state index in [4.69, 9.17) is 10.4 Å². The van der Waals surface area contributed by atoms with Crippen molar-refractivity contribution in [2.24, 2.45) is 0 Å². The molecule has 7 nitrogen and oxygen atoms in total. The van der Waals surface area contributed by atoms with Crippen LogP contribution in [0, 0.1) is 25.2 Å². The molecule has 7 heteroatoms. The van der Waals surface area contributed by atoms with Crippen LogP contribution in [0.5, 0.6) is 0 Å². The quantitative estimate of drug-likeness (QED) is 0.735. The van der Waals surface area contributed by atoms with E-state index in [2.05, 4.69) is 21.5 Å². The molecule has 132 valence electrons. The van der Waals surface area contributed by atoms with E-state index in [1.54, 1.807) is 28.8 Å². The molecule has 0 spiro atoms. The average Bonchev–Trinajstić information content (AvgIpc) is 3.04. The fourth-order valence-corrected chi connectivity index (χ4v) is 2.96. The Morgan fingerprint density at radius 2 is 2.19 bits per heavy atom. The number of nitrogens with one attached hydrogen (secondary N) is 1. The van der Waals surface area contributed by atoms with E-state index in [0.29, 0.717) is 29.7 Å². The van der Waals surface area contributed by atoms with Crippen molar-refractivity contribution < 1.29 is 9.90 Å². The number of aromatic nitrogens is 3. The summed E-state index contributed by atoms with van der Waals surface area (Å²) in [6.45, 7) is 3.72. The molecule has 1 aromatic carbocycles. The zero-order valence-corrected chi connectivity index (χ0v) is 14.7. The summed E-state index contributed by atoms with van der Waals surface area (Å²) in [5.41, 5.74) is 5.00. The van der Waals surface area contributed by atoms with Gasteiger partial charge in [0.1, 0.15) is 11.6 Å². The van der Waals surface area contributed by atoms with Gasteiger partial charge < -0.3 is 10.4 Å². The summed E-state index contributed by atoms with van der Waals surface area (Å²) in [4.78, 5) is 16.7. The van der Waals surface area contributed by atoms with Crippen LogP contribution >= 0.6 is 0 Å². The number of nitrogens with zero attached hydrogens (tertiary/aromatic N) is 4. The standard InChI is InChI=1S/C19H19N5O2/c1-12-17(13(2)24-19(22-12)15(9-20)10-21-24)6-7-18(26)23-16-5-3-4-14(8-16)11-25/h3-5,8,10,25H,6-7,11H2,1-2H3,(H,23,26). The van der Waals surface area contributed by atoms with Crippen LogP contribution in [0.4, 0.5) is 5.69 Å². The maximum Gasteiger partial charge on any atom is 0.224 e. The molecule has 0 radical (unpaired) electrons. The molecule has 0 aliphatic carbocycles. The summed E-state index contributed by atoms with van der Waals surface area (Å²) < 4.78 is 1.64. The minimum Gasteiger partial charge on any atom is -0.392 e. The monoisotopic (exact) mass is 349 g/mol. The van der Waals surface area contributed by atoms with Gasteiger partial charge in [0, 0.05) is 23.5 Å². The van der Waals surface area contributed by atoms with Gasteiger partial charge in [0.05, 0.1) is 12.8 Å². The lowest BCUT2D eigenvalue weighted by atomic mass is 10.1. The SMILES string of the molecule is Cc1nc2c(C#N)cnn2c(C)c1CCC(=O)Nc1cccc(CO)c1. The predicted octanol–water partition coefficient (Wildman–Crippen LogP) is 2.28. The van der Waals surface area contributed by atoms with Crippen LogP contribution in [0.1, 0.15) is 34.5 Å². The lowest BCUT2D eigenvalue weighted by molar-refractivity contribution is -0.116. The highest BCUT2D eigenvalue weighted by Gasteiger charge is 2.14. The number of aliphatic hydroxyl groups excluding tert-OH is 1. The number of amides is 1. The molecule has 0 bridgehead atoms. The Hall–Kier alpha value is -3.24. The number of aliphatic hydroxyl groups is 1. The first kappa shape index (κ1) is 17.6. The van der Waals surface area contributed by atoms with Crippen molar-refractivity contribution in [1.29, 1.82) is 5.26 Å². The van der Waals surface area contributed by atoms with Gasteiger partial charge in [-0.3, -0.25) is 4.79 Å². The number of nitriles is 1. The van der Waals surface area contributed by atoms with E-state index < -0.39 is 0 Å². The highest BCUT2D eigenvalue weighted by atomic mass is 16.3. The van der Waals surface area contributed by atoms with Crippen molar-refractivity contribution in [2.75, 3.05) is 5.32 Å². The molecule has 2 aromatic heterocycles. The van der Waals surface area contributed by atoms with Gasteiger partial charge >= 0.3 is 0 Å². The zero-order chi connectivity index (χ0) is 18.7. The molecular formula is C19H19N5O2. The molecule has 26 heavy (non-hydrogen) atoms. The molecule has 0 aliphatic rings. The van der Waals surface area contributed by atoms with Gasteiger partial charge in [0.2, 0.25) is 5.91 Å². The number of fused-ring (bicyclic) bond motifs is 1. The van der Waals surface area contributed by atoms with Gasteiger partial charge in [0.15, 0.2) is 5.65 Å². The van der Waals surface area contributed by atoms with E-state index in [1.165, 1.54) is 6.20 Å². The first-order valence-corrected chi connectivity index (χ1v) is 8.27. The normalized spacial score (nSPS) is 10.7. The largest absolute Gasteiger partial charge is 0.392 e. The Balaban J connectivity index is 1.75. The van der Waals surface area contributed by atoms with E-state index in [0.717, 1.165) is 22.5 Å². The summed E-state index contributed by atoms with van der Waals surface area (Å²) in [7, 11) is 0. The fraction of sp³-hybridized carbons (Fsp3) is 0.263. The molecule has 0 atom stereocenters. The number of benzene rings is 1. The van der Waals surface area contributed by atoms with Gasteiger partial charge in [-0.05, 0) is 43.5 Å². The van der Waals surface area contributed by atoms with Gasteiger partial charge in [-0.2, -0.15) is 10.4 Å². The highest BCUT2D eigenvalue weighted by Crippen LogP contribution is 2.19. The minimum absolute atomic E-state index is 0.0671. The third-order valence-corrected chi connectivity index (χ3v) is 4.32. The summed E-state index contributed by atoms with van der Waals surface area (Å²) in [6.07, 6.45) is 2.32. The van der Waals surface area contributed by atoms with Crippen molar-refractivity contribution in [1.82, 2.24) is 14.6 Å². The first-order chi connectivity index (χ1) is 12.5. The van der Waals surface area contributed by atoms with Crippen molar-refractivity contribution >= 4 is 17.2 Å². The highest BCUT2D eigenvalue weighted by molar-refractivity contribution is 5.90.